The van der Waals surface area contributed by atoms with E-state index >= 15 is 0 Å². The summed E-state index contributed by atoms with van der Waals surface area (Å²) >= 11 is 5.67. The minimum atomic E-state index is -0.380. The van der Waals surface area contributed by atoms with Crippen LogP contribution in [-0.2, 0) is 12.8 Å². The van der Waals surface area contributed by atoms with Crippen molar-refractivity contribution >= 4 is 11.6 Å². The number of rotatable bonds is 5. The van der Waals surface area contributed by atoms with Gasteiger partial charge >= 0.3 is 0 Å². The van der Waals surface area contributed by atoms with E-state index in [9.17, 15) is 4.39 Å². The van der Waals surface area contributed by atoms with Gasteiger partial charge in [-0.25, -0.2) is 4.39 Å². The van der Waals surface area contributed by atoms with Crippen molar-refractivity contribution in [3.8, 4) is 0 Å². The molecule has 1 unspecified atom stereocenters. The van der Waals surface area contributed by atoms with Gasteiger partial charge in [-0.2, -0.15) is 0 Å². The minimum absolute atomic E-state index is 0.0242. The summed E-state index contributed by atoms with van der Waals surface area (Å²) in [6.07, 6.45) is 2.49. The summed E-state index contributed by atoms with van der Waals surface area (Å²) in [6.45, 7) is 2.08. The Balaban J connectivity index is 1.89. The van der Waals surface area contributed by atoms with Gasteiger partial charge in [0.1, 0.15) is 5.82 Å². The Bertz CT molecular complexity index is 583. The van der Waals surface area contributed by atoms with Crippen LogP contribution in [0.1, 0.15) is 23.1 Å². The second-order valence-corrected chi connectivity index (χ2v) is 5.65. The van der Waals surface area contributed by atoms with Crippen molar-refractivity contribution in [1.82, 2.24) is 0 Å². The van der Waals surface area contributed by atoms with Crippen LogP contribution in [0.25, 0.3) is 0 Å². The zero-order chi connectivity index (χ0) is 14.5. The largest absolute Gasteiger partial charge is 0.327 e. The van der Waals surface area contributed by atoms with Crippen LogP contribution in [0.3, 0.4) is 0 Å². The summed E-state index contributed by atoms with van der Waals surface area (Å²) < 4.78 is 13.4. The van der Waals surface area contributed by atoms with Gasteiger partial charge in [-0.3, -0.25) is 0 Å². The highest BCUT2D eigenvalue weighted by Gasteiger charge is 2.07. The third kappa shape index (κ3) is 4.32. The molecule has 0 saturated heterocycles. The Hall–Kier alpha value is -1.38. The monoisotopic (exact) mass is 291 g/mol. The Labute approximate surface area is 124 Å². The average molecular weight is 292 g/mol. The van der Waals surface area contributed by atoms with Crippen molar-refractivity contribution in [2.45, 2.75) is 32.2 Å². The van der Waals surface area contributed by atoms with Gasteiger partial charge in [0.15, 0.2) is 0 Å². The molecule has 1 atom stereocenters. The van der Waals surface area contributed by atoms with Gasteiger partial charge in [-0.05, 0) is 49.4 Å². The van der Waals surface area contributed by atoms with Crippen molar-refractivity contribution < 1.29 is 4.39 Å². The van der Waals surface area contributed by atoms with E-state index in [2.05, 4.69) is 31.2 Å². The molecule has 0 saturated carbocycles. The molecule has 2 aromatic rings. The van der Waals surface area contributed by atoms with Gasteiger partial charge in [0, 0.05) is 6.04 Å². The van der Waals surface area contributed by atoms with Gasteiger partial charge < -0.3 is 5.73 Å². The topological polar surface area (TPSA) is 26.0 Å². The van der Waals surface area contributed by atoms with Crippen molar-refractivity contribution in [3.05, 3.63) is 70.0 Å². The molecule has 20 heavy (non-hydrogen) atoms. The summed E-state index contributed by atoms with van der Waals surface area (Å²) in [4.78, 5) is 0. The van der Waals surface area contributed by atoms with Crippen LogP contribution in [-0.4, -0.2) is 6.04 Å². The SMILES string of the molecule is Cc1cccc(CCC(N)Cc2ccc(Cl)c(F)c2)c1. The second kappa shape index (κ2) is 6.87. The van der Waals surface area contributed by atoms with Crippen molar-refractivity contribution in [1.29, 1.82) is 0 Å². The Kier molecular flexibility index (Phi) is 5.16. The molecule has 2 aromatic carbocycles. The van der Waals surface area contributed by atoms with E-state index < -0.39 is 0 Å². The fourth-order valence-corrected chi connectivity index (χ4v) is 2.41. The molecule has 0 aromatic heterocycles. The maximum Gasteiger partial charge on any atom is 0.142 e. The first-order valence-electron chi connectivity index (χ1n) is 6.79. The molecule has 2 rings (SSSR count). The molecule has 1 nitrogen and oxygen atoms in total. The first-order valence-corrected chi connectivity index (χ1v) is 7.17. The van der Waals surface area contributed by atoms with Gasteiger partial charge in [0.05, 0.1) is 5.02 Å². The van der Waals surface area contributed by atoms with Gasteiger partial charge in [0.2, 0.25) is 0 Å². The quantitative estimate of drug-likeness (QED) is 0.874. The lowest BCUT2D eigenvalue weighted by molar-refractivity contribution is 0.599. The molecule has 0 aliphatic carbocycles. The number of hydrogen-bond acceptors (Lipinski definition) is 1. The Morgan fingerprint density at radius 3 is 2.65 bits per heavy atom. The lowest BCUT2D eigenvalue weighted by Crippen LogP contribution is -2.23. The molecule has 2 N–H and O–H groups in total. The molecular weight excluding hydrogens is 273 g/mol. The number of aryl methyl sites for hydroxylation is 2. The molecule has 0 bridgehead atoms. The summed E-state index contributed by atoms with van der Waals surface area (Å²) in [5.74, 6) is -0.380. The number of nitrogens with two attached hydrogens (primary N) is 1. The molecule has 0 aliphatic rings. The zero-order valence-corrected chi connectivity index (χ0v) is 12.3. The predicted molar refractivity (Wildman–Crippen MR) is 82.6 cm³/mol. The molecular formula is C17H19ClFN. The number of halogens is 2. The molecule has 0 fully saturated rings. The van der Waals surface area contributed by atoms with Crippen molar-refractivity contribution in [2.75, 3.05) is 0 Å². The predicted octanol–water partition coefficient (Wildman–Crippen LogP) is 4.29. The van der Waals surface area contributed by atoms with E-state index in [-0.39, 0.29) is 16.9 Å². The minimum Gasteiger partial charge on any atom is -0.327 e. The van der Waals surface area contributed by atoms with Crippen molar-refractivity contribution in [3.63, 3.8) is 0 Å². The fourth-order valence-electron chi connectivity index (χ4n) is 2.29. The lowest BCUT2D eigenvalue weighted by atomic mass is 9.99. The maximum atomic E-state index is 13.4. The fraction of sp³-hybridized carbons (Fsp3) is 0.294. The van der Waals surface area contributed by atoms with Gasteiger partial charge in [-0.15, -0.1) is 0 Å². The van der Waals surface area contributed by atoms with E-state index in [1.807, 2.05) is 6.07 Å². The first kappa shape index (κ1) is 15.0. The summed E-state index contributed by atoms with van der Waals surface area (Å²) in [6, 6.07) is 13.3. The molecule has 0 spiro atoms. The van der Waals surface area contributed by atoms with Crippen LogP contribution in [0.5, 0.6) is 0 Å². The molecule has 0 aliphatic heterocycles. The summed E-state index contributed by atoms with van der Waals surface area (Å²) in [5.41, 5.74) is 9.57. The molecule has 0 radical (unpaired) electrons. The van der Waals surface area contributed by atoms with E-state index in [1.165, 1.54) is 17.2 Å². The molecule has 0 amide bonds. The van der Waals surface area contributed by atoms with Crippen LogP contribution < -0.4 is 5.73 Å². The third-order valence-corrected chi connectivity index (χ3v) is 3.67. The lowest BCUT2D eigenvalue weighted by Gasteiger charge is -2.12. The molecule has 106 valence electrons. The van der Waals surface area contributed by atoms with E-state index in [4.69, 9.17) is 17.3 Å². The van der Waals surface area contributed by atoms with E-state index in [0.29, 0.717) is 6.42 Å². The van der Waals surface area contributed by atoms with Crippen LogP contribution in [0, 0.1) is 12.7 Å². The number of hydrogen-bond donors (Lipinski definition) is 1. The van der Waals surface area contributed by atoms with E-state index in [0.717, 1.165) is 18.4 Å². The standard InChI is InChI=1S/C17H19ClFN/c1-12-3-2-4-13(9-12)5-7-15(20)10-14-6-8-16(18)17(19)11-14/h2-4,6,8-9,11,15H,5,7,10,20H2,1H3. The summed E-state index contributed by atoms with van der Waals surface area (Å²) in [5, 5.41) is 0.155. The van der Waals surface area contributed by atoms with Crippen LogP contribution >= 0.6 is 11.6 Å². The Morgan fingerprint density at radius 1 is 1.15 bits per heavy atom. The second-order valence-electron chi connectivity index (χ2n) is 5.24. The Morgan fingerprint density at radius 2 is 1.95 bits per heavy atom. The van der Waals surface area contributed by atoms with Crippen molar-refractivity contribution in [2.24, 2.45) is 5.73 Å². The number of benzene rings is 2. The van der Waals surface area contributed by atoms with Crippen LogP contribution in [0.15, 0.2) is 42.5 Å². The third-order valence-electron chi connectivity index (χ3n) is 3.37. The van der Waals surface area contributed by atoms with Crippen LogP contribution in [0.2, 0.25) is 5.02 Å². The highest BCUT2D eigenvalue weighted by Crippen LogP contribution is 2.17. The molecule has 0 heterocycles. The highest BCUT2D eigenvalue weighted by atomic mass is 35.5. The maximum absolute atomic E-state index is 13.4. The van der Waals surface area contributed by atoms with Gasteiger partial charge in [0.25, 0.3) is 0 Å². The molecule has 3 heteroatoms. The smallest absolute Gasteiger partial charge is 0.142 e. The van der Waals surface area contributed by atoms with E-state index in [1.54, 1.807) is 6.07 Å². The van der Waals surface area contributed by atoms with Crippen LogP contribution in [0.4, 0.5) is 4.39 Å². The normalized spacial score (nSPS) is 12.4. The van der Waals surface area contributed by atoms with Gasteiger partial charge in [-0.1, -0.05) is 47.5 Å². The average Bonchev–Trinajstić information content (AvgIpc) is 2.41. The summed E-state index contributed by atoms with van der Waals surface area (Å²) in [7, 11) is 0. The first-order chi connectivity index (χ1) is 9.54. The highest BCUT2D eigenvalue weighted by molar-refractivity contribution is 6.30. The zero-order valence-electron chi connectivity index (χ0n) is 11.6.